The van der Waals surface area contributed by atoms with E-state index in [1.165, 1.54) is 24.3 Å². The molecule has 2 aliphatic heterocycles. The largest absolute Gasteiger partial charge is 0.395 e. The quantitative estimate of drug-likeness (QED) is 0.135. The van der Waals surface area contributed by atoms with Gasteiger partial charge < -0.3 is 26.0 Å². The molecule has 3 atom stereocenters. The molecule has 0 aromatic heterocycles. The molecular weight excluding hydrogens is 623 g/mol. The van der Waals surface area contributed by atoms with E-state index in [1.54, 1.807) is 19.1 Å². The zero-order valence-electron chi connectivity index (χ0n) is 27.0. The Morgan fingerprint density at radius 3 is 2.36 bits per heavy atom. The van der Waals surface area contributed by atoms with Crippen LogP contribution in [0.15, 0.2) is 53.0 Å². The SMILES string of the molecule is CC(C)(C)C.C\C(=C/C(Cl)=C(F)\C=C\[C@@H]1CN[C@@H](C(=O)NCCCN2CCN(CCO)CC2)C1c1ccc(F)c(Cl)c1)NC=O. The second-order valence-corrected chi connectivity index (χ2v) is 13.8. The molecule has 8 nitrogen and oxygen atoms in total. The molecule has 3 rings (SSSR count). The van der Waals surface area contributed by atoms with Crippen LogP contribution < -0.4 is 16.0 Å². The number of carbonyl (C=O) groups is 2. The Hall–Kier alpha value is -2.34. The summed E-state index contributed by atoms with van der Waals surface area (Å²) in [5, 5.41) is 17.5. The fourth-order valence-electron chi connectivity index (χ4n) is 5.05. The van der Waals surface area contributed by atoms with E-state index in [0.717, 1.165) is 39.1 Å². The zero-order chi connectivity index (χ0) is 33.6. The van der Waals surface area contributed by atoms with Gasteiger partial charge in [-0.2, -0.15) is 0 Å². The van der Waals surface area contributed by atoms with Crippen LogP contribution in [0.4, 0.5) is 8.78 Å². The summed E-state index contributed by atoms with van der Waals surface area (Å²) in [5.41, 5.74) is 1.54. The Morgan fingerprint density at radius 1 is 1.16 bits per heavy atom. The summed E-state index contributed by atoms with van der Waals surface area (Å²) < 4.78 is 28.6. The molecule has 0 bridgehead atoms. The average Bonchev–Trinajstić information content (AvgIpc) is 3.39. The maximum absolute atomic E-state index is 14.7. The molecule has 1 unspecified atom stereocenters. The topological polar surface area (TPSA) is 96.9 Å². The molecular formula is C33H49Cl2F2N5O3. The highest BCUT2D eigenvalue weighted by Crippen LogP contribution is 2.36. The highest BCUT2D eigenvalue weighted by molar-refractivity contribution is 6.31. The summed E-state index contributed by atoms with van der Waals surface area (Å²) in [5.74, 6) is -2.18. The molecule has 0 aliphatic carbocycles. The minimum atomic E-state index is -0.699. The van der Waals surface area contributed by atoms with Crippen molar-refractivity contribution >= 4 is 35.5 Å². The number of amides is 2. The van der Waals surface area contributed by atoms with E-state index >= 15 is 0 Å². The first-order chi connectivity index (χ1) is 21.2. The molecule has 4 N–H and O–H groups in total. The summed E-state index contributed by atoms with van der Waals surface area (Å²) in [6.45, 7) is 16.6. The summed E-state index contributed by atoms with van der Waals surface area (Å²) >= 11 is 12.1. The number of carbonyl (C=O) groups excluding carboxylic acids is 2. The van der Waals surface area contributed by atoms with Crippen LogP contribution in [0.1, 0.15) is 52.5 Å². The van der Waals surface area contributed by atoms with Gasteiger partial charge in [-0.1, -0.05) is 63.0 Å². The second-order valence-electron chi connectivity index (χ2n) is 12.9. The summed E-state index contributed by atoms with van der Waals surface area (Å²) in [6, 6.07) is 3.73. The lowest BCUT2D eigenvalue weighted by Gasteiger charge is -2.34. The second kappa shape index (κ2) is 19.4. The number of nitrogens with zero attached hydrogens (tertiary/aromatic N) is 2. The van der Waals surface area contributed by atoms with Crippen LogP contribution in [0.5, 0.6) is 0 Å². The third kappa shape index (κ3) is 14.3. The van der Waals surface area contributed by atoms with E-state index in [0.29, 0.717) is 42.7 Å². The van der Waals surface area contributed by atoms with E-state index in [1.807, 2.05) is 0 Å². The summed E-state index contributed by atoms with van der Waals surface area (Å²) in [7, 11) is 0. The minimum absolute atomic E-state index is 0.0530. The predicted octanol–water partition coefficient (Wildman–Crippen LogP) is 4.95. The molecule has 2 heterocycles. The van der Waals surface area contributed by atoms with Gasteiger partial charge in [0.25, 0.3) is 0 Å². The Balaban J connectivity index is 0.00000130. The molecule has 0 spiro atoms. The van der Waals surface area contributed by atoms with E-state index in [2.05, 4.69) is 53.4 Å². The Labute approximate surface area is 276 Å². The van der Waals surface area contributed by atoms with Crippen molar-refractivity contribution in [1.29, 1.82) is 0 Å². The molecule has 45 heavy (non-hydrogen) atoms. The van der Waals surface area contributed by atoms with Gasteiger partial charge in [0.05, 0.1) is 22.7 Å². The van der Waals surface area contributed by atoms with Gasteiger partial charge in [-0.25, -0.2) is 8.78 Å². The summed E-state index contributed by atoms with van der Waals surface area (Å²) in [4.78, 5) is 28.4. The standard InChI is InChI=1S/C28H37Cl2F2N5O3.C5H12/c1-19(35-18-39)15-22(29)24(31)6-4-21-17-34-27(26(21)20-3-5-25(32)23(30)16-20)28(40)33-7-2-8-36-9-11-37(12-10-36)13-14-38;1-5(2,3)4/h3-6,15-16,18,21,26-27,34,38H,2,7-14,17H2,1H3,(H,33,40)(H,35,39);1-4H3/b6-4+,19-15+,24-22-;/t21-,26?,27-;/m1./s1. The van der Waals surface area contributed by atoms with Crippen molar-refractivity contribution in [1.82, 2.24) is 25.8 Å². The van der Waals surface area contributed by atoms with Gasteiger partial charge in [-0.05, 0) is 61.1 Å². The number of halogens is 4. The van der Waals surface area contributed by atoms with Crippen molar-refractivity contribution < 1.29 is 23.5 Å². The first-order valence-electron chi connectivity index (χ1n) is 15.4. The maximum Gasteiger partial charge on any atom is 0.237 e. The van der Waals surface area contributed by atoms with E-state index < -0.39 is 23.6 Å². The van der Waals surface area contributed by atoms with Crippen molar-refractivity contribution in [3.05, 3.63) is 69.4 Å². The monoisotopic (exact) mass is 671 g/mol. The first kappa shape index (κ1) is 38.8. The lowest BCUT2D eigenvalue weighted by atomic mass is 9.83. The number of aliphatic hydroxyl groups excluding tert-OH is 1. The van der Waals surface area contributed by atoms with Crippen LogP contribution in [0, 0.1) is 17.2 Å². The van der Waals surface area contributed by atoms with E-state index in [4.69, 9.17) is 28.3 Å². The lowest BCUT2D eigenvalue weighted by Crippen LogP contribution is -2.48. The van der Waals surface area contributed by atoms with Gasteiger partial charge in [0.15, 0.2) is 0 Å². The third-order valence-corrected chi connectivity index (χ3v) is 7.76. The number of allylic oxidation sites excluding steroid dienone is 5. The molecule has 2 saturated heterocycles. The zero-order valence-corrected chi connectivity index (χ0v) is 28.5. The number of piperazine rings is 1. The molecule has 0 radical (unpaired) electrons. The fraction of sp³-hybridized carbons (Fsp3) is 0.576. The van der Waals surface area contributed by atoms with Crippen LogP contribution in [-0.4, -0.2) is 92.2 Å². The molecule has 0 saturated carbocycles. The third-order valence-electron chi connectivity index (χ3n) is 7.18. The van der Waals surface area contributed by atoms with Crippen molar-refractivity contribution in [2.24, 2.45) is 11.3 Å². The normalized spacial score (nSPS) is 22.1. The van der Waals surface area contributed by atoms with Crippen LogP contribution in [0.25, 0.3) is 0 Å². The molecule has 12 heteroatoms. The van der Waals surface area contributed by atoms with Gasteiger partial charge >= 0.3 is 0 Å². The number of benzene rings is 1. The number of nitrogens with one attached hydrogen (secondary N) is 3. The maximum atomic E-state index is 14.7. The van der Waals surface area contributed by atoms with Crippen LogP contribution >= 0.6 is 23.2 Å². The lowest BCUT2D eigenvalue weighted by molar-refractivity contribution is -0.123. The number of β-amino-alcohol motifs (C(OH)–C–C–N with tert-alkyl or cyclic N) is 1. The van der Waals surface area contributed by atoms with Gasteiger partial charge in [-0.15, -0.1) is 0 Å². The Bertz CT molecular complexity index is 1190. The Kier molecular flexibility index (Phi) is 16.7. The smallest absolute Gasteiger partial charge is 0.237 e. The fourth-order valence-corrected chi connectivity index (χ4v) is 5.47. The molecule has 2 fully saturated rings. The van der Waals surface area contributed by atoms with E-state index in [-0.39, 0.29) is 28.5 Å². The molecule has 2 aliphatic rings. The van der Waals surface area contributed by atoms with Crippen LogP contribution in [0.2, 0.25) is 5.02 Å². The highest BCUT2D eigenvalue weighted by Gasteiger charge is 2.40. The number of aliphatic hydroxyl groups is 1. The van der Waals surface area contributed by atoms with Gasteiger partial charge in [0.1, 0.15) is 11.6 Å². The van der Waals surface area contributed by atoms with Crippen LogP contribution in [-0.2, 0) is 9.59 Å². The van der Waals surface area contributed by atoms with Crippen molar-refractivity contribution in [2.45, 2.75) is 53.0 Å². The van der Waals surface area contributed by atoms with Gasteiger partial charge in [-0.3, -0.25) is 14.5 Å². The Morgan fingerprint density at radius 2 is 1.78 bits per heavy atom. The van der Waals surface area contributed by atoms with Crippen molar-refractivity contribution in [3.8, 4) is 0 Å². The van der Waals surface area contributed by atoms with Gasteiger partial charge in [0.2, 0.25) is 12.3 Å². The number of hydrogen-bond donors (Lipinski definition) is 4. The van der Waals surface area contributed by atoms with Crippen molar-refractivity contribution in [2.75, 3.05) is 59.0 Å². The van der Waals surface area contributed by atoms with Gasteiger partial charge in [0, 0.05) is 57.4 Å². The molecule has 1 aromatic carbocycles. The van der Waals surface area contributed by atoms with Crippen LogP contribution in [0.3, 0.4) is 0 Å². The number of rotatable bonds is 13. The molecule has 252 valence electrons. The summed E-state index contributed by atoms with van der Waals surface area (Å²) in [6.07, 6.45) is 5.42. The van der Waals surface area contributed by atoms with E-state index in [9.17, 15) is 18.4 Å². The first-order valence-corrected chi connectivity index (χ1v) is 16.1. The predicted molar refractivity (Wildman–Crippen MR) is 178 cm³/mol. The highest BCUT2D eigenvalue weighted by atomic mass is 35.5. The average molecular weight is 673 g/mol. The minimum Gasteiger partial charge on any atom is -0.395 e. The molecule has 2 amide bonds. The van der Waals surface area contributed by atoms with Crippen molar-refractivity contribution in [3.63, 3.8) is 0 Å². The molecule has 1 aromatic rings. The number of hydrogen-bond acceptors (Lipinski definition) is 6.